The van der Waals surface area contributed by atoms with Crippen molar-refractivity contribution in [2.45, 2.75) is 51.7 Å². The zero-order valence-electron chi connectivity index (χ0n) is 14.5. The molecule has 1 aliphatic carbocycles. The summed E-state index contributed by atoms with van der Waals surface area (Å²) in [6.45, 7) is 3.90. The number of aryl methyl sites for hydroxylation is 2. The van der Waals surface area contributed by atoms with Crippen LogP contribution in [0.25, 0.3) is 0 Å². The van der Waals surface area contributed by atoms with E-state index in [9.17, 15) is 9.59 Å². The van der Waals surface area contributed by atoms with Crippen molar-refractivity contribution in [2.24, 2.45) is 0 Å². The molecule has 0 radical (unpaired) electrons. The zero-order valence-corrected chi connectivity index (χ0v) is 15.3. The van der Waals surface area contributed by atoms with Crippen LogP contribution < -0.4 is 0 Å². The Morgan fingerprint density at radius 3 is 2.68 bits per heavy atom. The second-order valence-corrected chi connectivity index (χ2v) is 7.66. The lowest BCUT2D eigenvalue weighted by atomic mass is 9.92. The average Bonchev–Trinajstić information content (AvgIpc) is 3.21. The fourth-order valence-corrected chi connectivity index (χ4v) is 4.10. The quantitative estimate of drug-likeness (QED) is 0.776. The maximum Gasteiger partial charge on any atom is 0.360 e. The summed E-state index contributed by atoms with van der Waals surface area (Å²) in [7, 11) is 1.30. The van der Waals surface area contributed by atoms with Crippen molar-refractivity contribution < 1.29 is 19.1 Å². The number of rotatable bonds is 4. The highest BCUT2D eigenvalue weighted by atomic mass is 32.1. The van der Waals surface area contributed by atoms with Gasteiger partial charge in [-0.05, 0) is 39.2 Å². The average molecular weight is 363 g/mol. The summed E-state index contributed by atoms with van der Waals surface area (Å²) in [4.78, 5) is 26.2. The van der Waals surface area contributed by atoms with Gasteiger partial charge in [-0.1, -0.05) is 11.6 Å². The minimum atomic E-state index is -0.528. The third kappa shape index (κ3) is 3.73. The van der Waals surface area contributed by atoms with E-state index in [1.807, 2.05) is 19.9 Å². The highest BCUT2D eigenvalue weighted by Crippen LogP contribution is 2.32. The molecule has 1 fully saturated rings. The summed E-state index contributed by atoms with van der Waals surface area (Å²) >= 11 is 1.59. The summed E-state index contributed by atoms with van der Waals surface area (Å²) in [5, 5.41) is 7.89. The number of thiophene rings is 1. The fourth-order valence-electron chi connectivity index (χ4n) is 3.19. The van der Waals surface area contributed by atoms with Crippen molar-refractivity contribution in [3.05, 3.63) is 33.3 Å². The molecule has 2 aromatic rings. The predicted octanol–water partition coefficient (Wildman–Crippen LogP) is 3.08. The topological polar surface area (TPSA) is 83.3 Å². The number of ether oxygens (including phenoxy) is 2. The summed E-state index contributed by atoms with van der Waals surface area (Å²) in [5.74, 6) is -0.827. The van der Waals surface area contributed by atoms with Gasteiger partial charge in [-0.15, -0.1) is 16.4 Å². The third-order valence-corrected chi connectivity index (χ3v) is 5.40. The van der Waals surface area contributed by atoms with E-state index in [2.05, 4.69) is 15.0 Å². The number of methoxy groups -OCH3 is 1. The molecule has 25 heavy (non-hydrogen) atoms. The van der Waals surface area contributed by atoms with Gasteiger partial charge < -0.3 is 9.47 Å². The normalized spacial score (nSPS) is 20.3. The van der Waals surface area contributed by atoms with E-state index < -0.39 is 5.97 Å². The Bertz CT molecular complexity index is 783. The van der Waals surface area contributed by atoms with Gasteiger partial charge in [0, 0.05) is 9.75 Å². The highest BCUT2D eigenvalue weighted by molar-refractivity contribution is 7.12. The molecule has 0 spiro atoms. The van der Waals surface area contributed by atoms with Crippen molar-refractivity contribution in [3.63, 3.8) is 0 Å². The number of carbonyl (C=O) groups is 2. The monoisotopic (exact) mass is 363 g/mol. The van der Waals surface area contributed by atoms with Gasteiger partial charge in [0.15, 0.2) is 5.69 Å². The van der Waals surface area contributed by atoms with Crippen LogP contribution in [0.2, 0.25) is 0 Å². The number of aromatic nitrogens is 3. The summed E-state index contributed by atoms with van der Waals surface area (Å²) in [6.07, 6.45) is 4.88. The van der Waals surface area contributed by atoms with Crippen molar-refractivity contribution >= 4 is 23.3 Å². The molecule has 0 aliphatic heterocycles. The standard InChI is InChI=1S/C17H21N3O4S/c1-10-8-12(11(2)25-10)16(21)24-15-7-5-4-6-14(15)20-9-13(18-19-20)17(22)23-3/h8-9,14-15H,4-7H2,1-3H3/t14-,15-/m1/s1. The summed E-state index contributed by atoms with van der Waals surface area (Å²) < 4.78 is 12.1. The molecule has 1 saturated carbocycles. The largest absolute Gasteiger partial charge is 0.464 e. The Balaban J connectivity index is 1.77. The molecule has 8 heteroatoms. The minimum Gasteiger partial charge on any atom is -0.464 e. The molecule has 2 aromatic heterocycles. The van der Waals surface area contributed by atoms with Gasteiger partial charge in [0.25, 0.3) is 0 Å². The van der Waals surface area contributed by atoms with Crippen LogP contribution in [0.3, 0.4) is 0 Å². The van der Waals surface area contributed by atoms with Crippen LogP contribution in [-0.2, 0) is 9.47 Å². The molecule has 0 amide bonds. The van der Waals surface area contributed by atoms with Crippen LogP contribution in [0.5, 0.6) is 0 Å². The molecule has 0 bridgehead atoms. The van der Waals surface area contributed by atoms with Crippen LogP contribution in [0.1, 0.15) is 62.3 Å². The van der Waals surface area contributed by atoms with E-state index in [0.29, 0.717) is 5.56 Å². The van der Waals surface area contributed by atoms with Gasteiger partial charge in [0.1, 0.15) is 6.10 Å². The molecule has 1 aliphatic rings. The SMILES string of the molecule is COC(=O)c1cn([C@@H]2CCCC[C@H]2OC(=O)c2cc(C)sc2C)nn1. The van der Waals surface area contributed by atoms with E-state index >= 15 is 0 Å². The van der Waals surface area contributed by atoms with Gasteiger partial charge in [-0.3, -0.25) is 0 Å². The summed E-state index contributed by atoms with van der Waals surface area (Å²) in [6, 6.07) is 1.74. The Labute approximate surface area is 149 Å². The van der Waals surface area contributed by atoms with Crippen molar-refractivity contribution in [1.29, 1.82) is 0 Å². The van der Waals surface area contributed by atoms with Crippen LogP contribution in [0.4, 0.5) is 0 Å². The molecule has 7 nitrogen and oxygen atoms in total. The van der Waals surface area contributed by atoms with E-state index in [0.717, 1.165) is 35.4 Å². The van der Waals surface area contributed by atoms with Crippen LogP contribution in [0, 0.1) is 13.8 Å². The first-order valence-corrected chi connectivity index (χ1v) is 9.09. The Kier molecular flexibility index (Phi) is 5.17. The van der Waals surface area contributed by atoms with E-state index in [-0.39, 0.29) is 23.8 Å². The predicted molar refractivity (Wildman–Crippen MR) is 91.9 cm³/mol. The smallest absolute Gasteiger partial charge is 0.360 e. The lowest BCUT2D eigenvalue weighted by Gasteiger charge is -2.30. The van der Waals surface area contributed by atoms with E-state index in [4.69, 9.17) is 4.74 Å². The number of hydrogen-bond donors (Lipinski definition) is 0. The molecular weight excluding hydrogens is 342 g/mol. The van der Waals surface area contributed by atoms with Crippen molar-refractivity contribution in [1.82, 2.24) is 15.0 Å². The minimum absolute atomic E-state index is 0.122. The van der Waals surface area contributed by atoms with E-state index in [1.54, 1.807) is 22.2 Å². The first-order valence-electron chi connectivity index (χ1n) is 8.27. The first-order chi connectivity index (χ1) is 12.0. The van der Waals surface area contributed by atoms with Gasteiger partial charge >= 0.3 is 11.9 Å². The number of hydrogen-bond acceptors (Lipinski definition) is 7. The molecule has 2 atom stereocenters. The molecule has 0 N–H and O–H groups in total. The third-order valence-electron chi connectivity index (χ3n) is 4.43. The molecule has 2 heterocycles. The number of carbonyl (C=O) groups excluding carboxylic acids is 2. The molecule has 0 aromatic carbocycles. The lowest BCUT2D eigenvalue weighted by molar-refractivity contribution is 0.00172. The number of esters is 2. The lowest BCUT2D eigenvalue weighted by Crippen LogP contribution is -2.32. The fraction of sp³-hybridized carbons (Fsp3) is 0.529. The Hall–Kier alpha value is -2.22. The molecule has 3 rings (SSSR count). The maximum absolute atomic E-state index is 12.5. The van der Waals surface area contributed by atoms with Crippen molar-refractivity contribution in [3.8, 4) is 0 Å². The Morgan fingerprint density at radius 2 is 2.00 bits per heavy atom. The second-order valence-electron chi connectivity index (χ2n) is 6.20. The zero-order chi connectivity index (χ0) is 18.0. The molecule has 0 saturated heterocycles. The van der Waals surface area contributed by atoms with Gasteiger partial charge in [-0.2, -0.15) is 0 Å². The second kappa shape index (κ2) is 7.35. The number of nitrogens with zero attached hydrogens (tertiary/aromatic N) is 3. The van der Waals surface area contributed by atoms with Gasteiger partial charge in [0.2, 0.25) is 0 Å². The van der Waals surface area contributed by atoms with Crippen LogP contribution in [0.15, 0.2) is 12.3 Å². The van der Waals surface area contributed by atoms with Crippen molar-refractivity contribution in [2.75, 3.05) is 7.11 Å². The maximum atomic E-state index is 12.5. The van der Waals surface area contributed by atoms with E-state index in [1.165, 1.54) is 7.11 Å². The van der Waals surface area contributed by atoms with Crippen LogP contribution >= 0.6 is 11.3 Å². The first kappa shape index (κ1) is 17.6. The van der Waals surface area contributed by atoms with Gasteiger partial charge in [-0.25, -0.2) is 14.3 Å². The summed E-state index contributed by atoms with van der Waals surface area (Å²) in [5.41, 5.74) is 0.781. The van der Waals surface area contributed by atoms with Gasteiger partial charge in [0.05, 0.1) is 24.9 Å². The molecule has 134 valence electrons. The highest BCUT2D eigenvalue weighted by Gasteiger charge is 2.32. The Morgan fingerprint density at radius 1 is 1.24 bits per heavy atom. The molecular formula is C17H21N3O4S. The molecule has 0 unspecified atom stereocenters. The van der Waals surface area contributed by atoms with Crippen LogP contribution in [-0.4, -0.2) is 40.1 Å².